The Kier molecular flexibility index (Phi) is 8.21. The summed E-state index contributed by atoms with van der Waals surface area (Å²) >= 11 is 5.93. The van der Waals surface area contributed by atoms with E-state index in [0.29, 0.717) is 54.1 Å². The van der Waals surface area contributed by atoms with Crippen LogP contribution in [0.4, 0.5) is 31.0 Å². The molecule has 3 aromatic heterocycles. The number of amides is 2. The Morgan fingerprint density at radius 2 is 1.82 bits per heavy atom. The van der Waals surface area contributed by atoms with Crippen molar-refractivity contribution in [3.63, 3.8) is 0 Å². The predicted octanol–water partition coefficient (Wildman–Crippen LogP) is 5.84. The van der Waals surface area contributed by atoms with Crippen molar-refractivity contribution in [3.05, 3.63) is 67.7 Å². The van der Waals surface area contributed by atoms with Gasteiger partial charge < -0.3 is 33.4 Å². The number of likely N-dealkylation sites (N-methyl/N-ethyl adjacent to an activating group) is 1. The fourth-order valence-electron chi connectivity index (χ4n) is 7.68. The van der Waals surface area contributed by atoms with E-state index in [4.69, 9.17) is 20.8 Å². The lowest BCUT2D eigenvalue weighted by molar-refractivity contribution is 0.158. The molecule has 2 N–H and O–H groups in total. The summed E-state index contributed by atoms with van der Waals surface area (Å²) in [5, 5.41) is 12.7. The Hall–Kier alpha value is -5.02. The van der Waals surface area contributed by atoms with Gasteiger partial charge in [-0.15, -0.1) is 5.10 Å². The van der Waals surface area contributed by atoms with Gasteiger partial charge in [-0.05, 0) is 70.3 Å². The minimum atomic E-state index is -0.889. The highest BCUT2D eigenvalue weighted by Crippen LogP contribution is 2.46. The molecule has 5 heterocycles. The lowest BCUT2D eigenvalue weighted by Crippen LogP contribution is -2.42. The van der Waals surface area contributed by atoms with Crippen LogP contribution < -0.4 is 31.1 Å². The third-order valence-corrected chi connectivity index (χ3v) is 10.6. The molecule has 2 atom stereocenters. The summed E-state index contributed by atoms with van der Waals surface area (Å²) in [5.74, 6) is -0.771. The maximum absolute atomic E-state index is 16.1. The number of methoxy groups -OCH3 is 1. The van der Waals surface area contributed by atoms with E-state index in [1.807, 2.05) is 16.4 Å². The van der Waals surface area contributed by atoms with Gasteiger partial charge in [0.15, 0.2) is 11.6 Å². The second-order valence-corrected chi connectivity index (χ2v) is 13.8. The van der Waals surface area contributed by atoms with Crippen LogP contribution in [0, 0.1) is 17.6 Å². The van der Waals surface area contributed by atoms with Crippen LogP contribution >= 0.6 is 11.6 Å². The van der Waals surface area contributed by atoms with Gasteiger partial charge in [0.2, 0.25) is 10.9 Å². The molecule has 266 valence electrons. The predicted molar refractivity (Wildman–Crippen MR) is 189 cm³/mol. The smallest absolute Gasteiger partial charge is 0.327 e. The number of hydrogen-bond donors (Lipinski definition) is 2. The summed E-state index contributed by atoms with van der Waals surface area (Å²) in [6.07, 6.45) is 6.94. The van der Waals surface area contributed by atoms with Gasteiger partial charge in [-0.1, -0.05) is 16.7 Å². The number of aromatic nitrogens is 4. The molecule has 3 fully saturated rings. The summed E-state index contributed by atoms with van der Waals surface area (Å²) in [6, 6.07) is 2.77. The molecule has 3 aliphatic rings. The third kappa shape index (κ3) is 5.68. The number of anilines is 3. The fourth-order valence-corrected chi connectivity index (χ4v) is 7.84. The van der Waals surface area contributed by atoms with Crippen molar-refractivity contribution >= 4 is 56.8 Å². The Labute approximate surface area is 294 Å². The number of pyridine rings is 2. The van der Waals surface area contributed by atoms with Gasteiger partial charge in [0, 0.05) is 44.1 Å². The molecule has 2 amide bonds. The molecule has 8 rings (SSSR count). The Morgan fingerprint density at radius 1 is 1.04 bits per heavy atom. The molecule has 16 heteroatoms. The monoisotopic (exact) mass is 720 g/mol. The molecule has 2 unspecified atom stereocenters. The highest BCUT2D eigenvalue weighted by Gasteiger charge is 2.40. The molecule has 1 aliphatic carbocycles. The zero-order valence-corrected chi connectivity index (χ0v) is 28.9. The summed E-state index contributed by atoms with van der Waals surface area (Å²) in [7, 11) is 3.60. The number of nitrogens with zero attached hydrogens (tertiary/aromatic N) is 6. The molecule has 0 radical (unpaired) electrons. The molecule has 5 aromatic rings. The van der Waals surface area contributed by atoms with Gasteiger partial charge in [-0.3, -0.25) is 14.9 Å². The highest BCUT2D eigenvalue weighted by atomic mass is 35.5. The van der Waals surface area contributed by atoms with E-state index in [0.717, 1.165) is 38.3 Å². The summed E-state index contributed by atoms with van der Waals surface area (Å²) in [4.78, 5) is 44.5. The lowest BCUT2D eigenvalue weighted by Gasteiger charge is -2.33. The molecule has 2 aromatic carbocycles. The van der Waals surface area contributed by atoms with Gasteiger partial charge in [-0.2, -0.15) is 0 Å². The van der Waals surface area contributed by atoms with E-state index in [1.165, 1.54) is 25.4 Å². The summed E-state index contributed by atoms with van der Waals surface area (Å²) in [5.41, 5.74) is 0.00794. The van der Waals surface area contributed by atoms with Gasteiger partial charge >= 0.3 is 12.0 Å². The second-order valence-electron chi connectivity index (χ2n) is 13.4. The minimum Gasteiger partial charge on any atom is -0.492 e. The quantitative estimate of drug-likeness (QED) is 0.212. The van der Waals surface area contributed by atoms with Gasteiger partial charge in [0.25, 0.3) is 5.89 Å². The third-order valence-electron chi connectivity index (χ3n) is 10.3. The first-order valence-corrected chi connectivity index (χ1v) is 17.3. The Morgan fingerprint density at radius 3 is 2.55 bits per heavy atom. The second kappa shape index (κ2) is 12.6. The Bertz CT molecular complexity index is 2360. The summed E-state index contributed by atoms with van der Waals surface area (Å²) < 4.78 is 45.5. The normalized spacial score (nSPS) is 19.1. The van der Waals surface area contributed by atoms with Crippen molar-refractivity contribution in [2.75, 3.05) is 49.3 Å². The van der Waals surface area contributed by atoms with Crippen LogP contribution in [-0.4, -0.2) is 70.1 Å². The number of rotatable bonds is 7. The number of halogens is 3. The molecule has 51 heavy (non-hydrogen) atoms. The lowest BCUT2D eigenvalue weighted by atomic mass is 9.93. The first-order valence-electron chi connectivity index (χ1n) is 16.9. The van der Waals surface area contributed by atoms with Crippen LogP contribution in [0.5, 0.6) is 5.75 Å². The molecule has 13 nitrogen and oxygen atoms in total. The van der Waals surface area contributed by atoms with Crippen LogP contribution in [0.2, 0.25) is 5.02 Å². The van der Waals surface area contributed by atoms with E-state index in [1.54, 1.807) is 10.8 Å². The van der Waals surface area contributed by atoms with Crippen molar-refractivity contribution in [2.24, 2.45) is 5.92 Å². The van der Waals surface area contributed by atoms with Crippen LogP contribution in [-0.2, 0) is 6.54 Å². The number of piperidine rings is 1. The van der Waals surface area contributed by atoms with E-state index in [-0.39, 0.29) is 45.0 Å². The van der Waals surface area contributed by atoms with E-state index in [2.05, 4.69) is 32.8 Å². The number of urea groups is 1. The number of likely N-dealkylation sites (tertiary alicyclic amines) is 1. The van der Waals surface area contributed by atoms with Gasteiger partial charge in [-0.25, -0.2) is 13.6 Å². The number of nitrogens with one attached hydrogen (secondary N) is 2. The van der Waals surface area contributed by atoms with Crippen molar-refractivity contribution in [2.45, 2.75) is 51.2 Å². The largest absolute Gasteiger partial charge is 0.492 e. The van der Waals surface area contributed by atoms with Gasteiger partial charge in [0.1, 0.15) is 22.8 Å². The average Bonchev–Trinajstić information content (AvgIpc) is 3.69. The maximum atomic E-state index is 16.1. The SMILES string of the molecule is CCn1cc(NC(=O)Nc2nnc(-c3cn(C4CC4)c4c(OC)c(N5CC6CCCN(C)C6C5)c(F)cc4c3=O)o2)c(=O)c2cc(F)c(Cl)cc21. The van der Waals surface area contributed by atoms with Crippen molar-refractivity contribution < 1.29 is 22.7 Å². The standard InChI is InChI=1S/C35H35ClF2N8O5/c1-4-44-15-25(31(48)19-10-23(37)22(36)12-26(19)44)39-34(49)40-35-42-41-33(51-35)21-14-46(18-7-8-18)28-20(30(21)47)11-24(38)29(32(28)50-3)45-13-17-6-5-9-43(2)27(17)16-45/h10-12,14-15,17-18,27H,4-9,13,16H2,1-3H3,(H2,39,40,42,49). The Balaban J connectivity index is 1.11. The van der Waals surface area contributed by atoms with Crippen LogP contribution in [0.25, 0.3) is 33.3 Å². The van der Waals surface area contributed by atoms with E-state index < -0.39 is 28.5 Å². The number of aryl methyl sites for hydroxylation is 1. The van der Waals surface area contributed by atoms with Crippen molar-refractivity contribution in [3.8, 4) is 17.2 Å². The molecule has 0 spiro atoms. The number of ether oxygens (including phenoxy) is 1. The molecule has 2 aliphatic heterocycles. The van der Waals surface area contributed by atoms with Gasteiger partial charge in [0.05, 0.1) is 33.9 Å². The van der Waals surface area contributed by atoms with Crippen LogP contribution in [0.3, 0.4) is 0 Å². The number of benzene rings is 2. The summed E-state index contributed by atoms with van der Waals surface area (Å²) in [6.45, 7) is 4.60. The zero-order valence-electron chi connectivity index (χ0n) is 28.1. The molecular weight excluding hydrogens is 686 g/mol. The average molecular weight is 721 g/mol. The topological polar surface area (TPSA) is 140 Å². The zero-order chi connectivity index (χ0) is 35.7. The molecule has 1 saturated carbocycles. The number of carbonyl (C=O) groups is 1. The number of fused-ring (bicyclic) bond motifs is 3. The minimum absolute atomic E-state index is 0.0272. The highest BCUT2D eigenvalue weighted by molar-refractivity contribution is 6.31. The van der Waals surface area contributed by atoms with E-state index in [9.17, 15) is 18.8 Å². The van der Waals surface area contributed by atoms with E-state index >= 15 is 4.39 Å². The number of hydrogen-bond acceptors (Lipinski definition) is 9. The first-order chi connectivity index (χ1) is 24.6. The van der Waals surface area contributed by atoms with Crippen LogP contribution in [0.15, 0.2) is 44.6 Å². The van der Waals surface area contributed by atoms with Crippen LogP contribution in [0.1, 0.15) is 38.6 Å². The molecule has 2 saturated heterocycles. The first kappa shape index (κ1) is 33.1. The maximum Gasteiger partial charge on any atom is 0.327 e. The molecule has 0 bridgehead atoms. The fraction of sp³-hybridized carbons (Fsp3) is 0.400. The molecular formula is C35H35ClF2N8O5. The number of carbonyl (C=O) groups excluding carboxylic acids is 1. The van der Waals surface area contributed by atoms with Crippen molar-refractivity contribution in [1.29, 1.82) is 0 Å². The van der Waals surface area contributed by atoms with Crippen molar-refractivity contribution in [1.82, 2.24) is 24.2 Å².